The van der Waals surface area contributed by atoms with Crippen molar-refractivity contribution in [3.63, 3.8) is 0 Å². The van der Waals surface area contributed by atoms with Crippen molar-refractivity contribution >= 4 is 17.6 Å². The number of carbonyl (C=O) groups is 2. The molecule has 1 aromatic carbocycles. The van der Waals surface area contributed by atoms with E-state index in [-0.39, 0.29) is 12.0 Å². The van der Waals surface area contributed by atoms with Crippen LogP contribution in [0.5, 0.6) is 5.88 Å². The summed E-state index contributed by atoms with van der Waals surface area (Å²) in [6.07, 6.45) is 6.17. The number of hydrogen-bond donors (Lipinski definition) is 1. The smallest absolute Gasteiger partial charge is 0.337 e. The zero-order valence-corrected chi connectivity index (χ0v) is 14.0. The third kappa shape index (κ3) is 4.35. The van der Waals surface area contributed by atoms with Crippen molar-refractivity contribution in [2.75, 3.05) is 12.4 Å². The minimum atomic E-state index is -0.416. The summed E-state index contributed by atoms with van der Waals surface area (Å²) in [5.41, 5.74) is 1.49. The van der Waals surface area contributed by atoms with Gasteiger partial charge in [0.15, 0.2) is 0 Å². The van der Waals surface area contributed by atoms with Gasteiger partial charge in [-0.15, -0.1) is 0 Å². The quantitative estimate of drug-likeness (QED) is 0.844. The summed E-state index contributed by atoms with van der Waals surface area (Å²) in [5, 5.41) is 2.79. The Labute approximate surface area is 146 Å². The summed E-state index contributed by atoms with van der Waals surface area (Å²) in [6.45, 7) is 0. The van der Waals surface area contributed by atoms with Crippen molar-refractivity contribution in [3.05, 3.63) is 53.7 Å². The topological polar surface area (TPSA) is 77.5 Å². The number of ether oxygens (including phenoxy) is 2. The number of methoxy groups -OCH3 is 1. The second-order valence-electron chi connectivity index (χ2n) is 5.93. The molecule has 6 heteroatoms. The average Bonchev–Trinajstić information content (AvgIpc) is 3.15. The number of hydrogen-bond acceptors (Lipinski definition) is 5. The Morgan fingerprint density at radius 2 is 1.80 bits per heavy atom. The van der Waals surface area contributed by atoms with Gasteiger partial charge in [-0.1, -0.05) is 0 Å². The molecule has 1 aliphatic carbocycles. The normalized spacial score (nSPS) is 14.1. The Bertz CT molecular complexity index is 752. The van der Waals surface area contributed by atoms with Crippen LogP contribution in [0.4, 0.5) is 5.69 Å². The lowest BCUT2D eigenvalue weighted by molar-refractivity contribution is 0.0600. The molecule has 1 saturated carbocycles. The van der Waals surface area contributed by atoms with E-state index in [1.807, 2.05) is 0 Å². The highest BCUT2D eigenvalue weighted by Gasteiger charge is 2.17. The molecule has 0 spiro atoms. The number of pyridine rings is 1. The van der Waals surface area contributed by atoms with Gasteiger partial charge in [0.1, 0.15) is 6.10 Å². The Balaban J connectivity index is 1.65. The van der Waals surface area contributed by atoms with Crippen LogP contribution >= 0.6 is 0 Å². The largest absolute Gasteiger partial charge is 0.474 e. The number of anilines is 1. The monoisotopic (exact) mass is 340 g/mol. The lowest BCUT2D eigenvalue weighted by atomic mass is 10.2. The van der Waals surface area contributed by atoms with E-state index in [2.05, 4.69) is 15.0 Å². The maximum Gasteiger partial charge on any atom is 0.337 e. The molecule has 0 unspecified atom stereocenters. The number of amides is 1. The van der Waals surface area contributed by atoms with Crippen LogP contribution in [-0.2, 0) is 4.74 Å². The molecular weight excluding hydrogens is 320 g/mol. The van der Waals surface area contributed by atoms with Crippen LogP contribution in [0.15, 0.2) is 42.6 Å². The maximum absolute atomic E-state index is 12.4. The van der Waals surface area contributed by atoms with E-state index in [4.69, 9.17) is 4.74 Å². The lowest BCUT2D eigenvalue weighted by Crippen LogP contribution is -2.15. The van der Waals surface area contributed by atoms with Gasteiger partial charge >= 0.3 is 5.97 Å². The first-order valence-electron chi connectivity index (χ1n) is 8.28. The Kier molecular flexibility index (Phi) is 5.28. The van der Waals surface area contributed by atoms with Crippen LogP contribution in [0.2, 0.25) is 0 Å². The van der Waals surface area contributed by atoms with Gasteiger partial charge in [-0.25, -0.2) is 9.78 Å². The SMILES string of the molecule is COC(=O)c1ccc(NC(=O)c2ccnc(OC3CCCC3)c2)cc1. The van der Waals surface area contributed by atoms with Crippen LogP contribution in [-0.4, -0.2) is 30.1 Å². The first-order valence-corrected chi connectivity index (χ1v) is 8.28. The number of nitrogens with zero attached hydrogens (tertiary/aromatic N) is 1. The highest BCUT2D eigenvalue weighted by Crippen LogP contribution is 2.23. The zero-order valence-electron chi connectivity index (χ0n) is 14.0. The molecule has 1 aromatic heterocycles. The number of esters is 1. The maximum atomic E-state index is 12.4. The Morgan fingerprint density at radius 1 is 1.08 bits per heavy atom. The minimum Gasteiger partial charge on any atom is -0.474 e. The summed E-state index contributed by atoms with van der Waals surface area (Å²) in [4.78, 5) is 28.0. The predicted octanol–water partition coefficient (Wildman–Crippen LogP) is 3.44. The van der Waals surface area contributed by atoms with E-state index < -0.39 is 5.97 Å². The molecule has 3 rings (SSSR count). The van der Waals surface area contributed by atoms with Gasteiger partial charge in [0.05, 0.1) is 12.7 Å². The van der Waals surface area contributed by atoms with E-state index in [1.165, 1.54) is 20.0 Å². The van der Waals surface area contributed by atoms with Crippen LogP contribution < -0.4 is 10.1 Å². The Hall–Kier alpha value is -2.89. The summed E-state index contributed by atoms with van der Waals surface area (Å²) >= 11 is 0. The van der Waals surface area contributed by atoms with Crippen molar-refractivity contribution in [2.24, 2.45) is 0 Å². The first kappa shape index (κ1) is 17.0. The molecule has 0 radical (unpaired) electrons. The number of benzene rings is 1. The fourth-order valence-corrected chi connectivity index (χ4v) is 2.80. The summed E-state index contributed by atoms with van der Waals surface area (Å²) in [6, 6.07) is 9.80. The first-order chi connectivity index (χ1) is 12.2. The van der Waals surface area contributed by atoms with Crippen molar-refractivity contribution in [1.29, 1.82) is 0 Å². The summed E-state index contributed by atoms with van der Waals surface area (Å²) in [5.74, 6) is -0.203. The van der Waals surface area contributed by atoms with Gasteiger partial charge in [-0.2, -0.15) is 0 Å². The van der Waals surface area contributed by atoms with E-state index in [9.17, 15) is 9.59 Å². The third-order valence-electron chi connectivity index (χ3n) is 4.15. The zero-order chi connectivity index (χ0) is 17.6. The minimum absolute atomic E-state index is 0.191. The van der Waals surface area contributed by atoms with Crippen LogP contribution in [0.1, 0.15) is 46.4 Å². The van der Waals surface area contributed by atoms with Crippen molar-refractivity contribution in [1.82, 2.24) is 4.98 Å². The highest BCUT2D eigenvalue weighted by molar-refractivity contribution is 6.04. The van der Waals surface area contributed by atoms with E-state index in [0.29, 0.717) is 22.7 Å². The molecule has 130 valence electrons. The molecule has 1 fully saturated rings. The van der Waals surface area contributed by atoms with E-state index in [0.717, 1.165) is 12.8 Å². The molecule has 1 heterocycles. The second-order valence-corrected chi connectivity index (χ2v) is 5.93. The second kappa shape index (κ2) is 7.79. The van der Waals surface area contributed by atoms with Gasteiger partial charge in [0.2, 0.25) is 5.88 Å². The molecule has 0 bridgehead atoms. The van der Waals surface area contributed by atoms with Gasteiger partial charge in [-0.05, 0) is 56.0 Å². The molecule has 1 N–H and O–H groups in total. The molecule has 0 saturated heterocycles. The van der Waals surface area contributed by atoms with Crippen molar-refractivity contribution in [3.8, 4) is 5.88 Å². The number of aromatic nitrogens is 1. The molecule has 6 nitrogen and oxygen atoms in total. The fraction of sp³-hybridized carbons (Fsp3) is 0.316. The van der Waals surface area contributed by atoms with Gasteiger partial charge < -0.3 is 14.8 Å². The molecule has 1 aliphatic rings. The van der Waals surface area contributed by atoms with E-state index >= 15 is 0 Å². The molecule has 0 atom stereocenters. The van der Waals surface area contributed by atoms with Gasteiger partial charge in [-0.3, -0.25) is 4.79 Å². The number of carbonyl (C=O) groups excluding carboxylic acids is 2. The average molecular weight is 340 g/mol. The predicted molar refractivity (Wildman–Crippen MR) is 92.9 cm³/mol. The molecule has 2 aromatic rings. The number of rotatable bonds is 5. The molecular formula is C19H20N2O4. The van der Waals surface area contributed by atoms with Crippen LogP contribution in [0.3, 0.4) is 0 Å². The standard InChI is InChI=1S/C19H20N2O4/c1-24-19(23)13-6-8-15(9-7-13)21-18(22)14-10-11-20-17(12-14)25-16-4-2-3-5-16/h6-12,16H,2-5H2,1H3,(H,21,22). The van der Waals surface area contributed by atoms with Gasteiger partial charge in [0.25, 0.3) is 5.91 Å². The third-order valence-corrected chi connectivity index (χ3v) is 4.15. The Morgan fingerprint density at radius 3 is 2.48 bits per heavy atom. The fourth-order valence-electron chi connectivity index (χ4n) is 2.80. The summed E-state index contributed by atoms with van der Waals surface area (Å²) < 4.78 is 10.5. The molecule has 1 amide bonds. The lowest BCUT2D eigenvalue weighted by Gasteiger charge is -2.12. The van der Waals surface area contributed by atoms with Crippen LogP contribution in [0, 0.1) is 0 Å². The van der Waals surface area contributed by atoms with Crippen LogP contribution in [0.25, 0.3) is 0 Å². The number of nitrogens with one attached hydrogen (secondary N) is 1. The summed E-state index contributed by atoms with van der Waals surface area (Å²) in [7, 11) is 1.33. The van der Waals surface area contributed by atoms with E-state index in [1.54, 1.807) is 42.6 Å². The molecule has 0 aliphatic heterocycles. The van der Waals surface area contributed by atoms with Crippen molar-refractivity contribution < 1.29 is 19.1 Å². The van der Waals surface area contributed by atoms with Crippen molar-refractivity contribution in [2.45, 2.75) is 31.8 Å². The molecule has 25 heavy (non-hydrogen) atoms. The highest BCUT2D eigenvalue weighted by atomic mass is 16.5. The van der Waals surface area contributed by atoms with Gasteiger partial charge in [0, 0.05) is 23.5 Å².